The number of carbonyl (C=O) groups excluding carboxylic acids is 1. The van der Waals surface area contributed by atoms with Crippen LogP contribution in [0.5, 0.6) is 0 Å². The summed E-state index contributed by atoms with van der Waals surface area (Å²) in [4.78, 5) is 13.9. The van der Waals surface area contributed by atoms with E-state index in [0.717, 1.165) is 54.4 Å². The van der Waals surface area contributed by atoms with Crippen LogP contribution in [0.2, 0.25) is 0 Å². The number of thioether (sulfide) groups is 1. The molecule has 3 rings (SSSR count). The molecule has 1 fully saturated rings. The molecule has 28 heavy (non-hydrogen) atoms. The topological polar surface area (TPSA) is 44.4 Å². The van der Waals surface area contributed by atoms with Gasteiger partial charge in [0.15, 0.2) is 5.11 Å². The van der Waals surface area contributed by atoms with Crippen LogP contribution < -0.4 is 15.5 Å². The van der Waals surface area contributed by atoms with Gasteiger partial charge < -0.3 is 15.5 Å². The highest BCUT2D eigenvalue weighted by Crippen LogP contribution is 2.28. The second kappa shape index (κ2) is 10.5. The molecular formula is C22H27N3OS2. The zero-order valence-electron chi connectivity index (χ0n) is 16.2. The minimum absolute atomic E-state index is 0.203. The Bertz CT molecular complexity index is 811. The van der Waals surface area contributed by atoms with Gasteiger partial charge in [0, 0.05) is 36.6 Å². The first-order valence-electron chi connectivity index (χ1n) is 9.71. The summed E-state index contributed by atoms with van der Waals surface area (Å²) in [6.45, 7) is 3.68. The Morgan fingerprint density at radius 3 is 2.79 bits per heavy atom. The van der Waals surface area contributed by atoms with Crippen LogP contribution in [0.4, 0.5) is 11.4 Å². The number of thiocarbonyl (C=S) groups is 1. The average molecular weight is 414 g/mol. The summed E-state index contributed by atoms with van der Waals surface area (Å²) in [6.07, 6.45) is 2.62. The van der Waals surface area contributed by atoms with Gasteiger partial charge in [-0.2, -0.15) is 11.8 Å². The Labute approximate surface area is 177 Å². The molecule has 0 aliphatic carbocycles. The number of nitrogens with one attached hydrogen (secondary N) is 2. The summed E-state index contributed by atoms with van der Waals surface area (Å²) < 4.78 is 0. The molecule has 2 N–H and O–H groups in total. The van der Waals surface area contributed by atoms with E-state index in [4.69, 9.17) is 12.2 Å². The average Bonchev–Trinajstić information content (AvgIpc) is 3.12. The van der Waals surface area contributed by atoms with Crippen molar-refractivity contribution in [3.63, 3.8) is 0 Å². The van der Waals surface area contributed by atoms with Crippen molar-refractivity contribution in [3.05, 3.63) is 59.7 Å². The molecule has 1 saturated heterocycles. The van der Waals surface area contributed by atoms with Gasteiger partial charge in [-0.25, -0.2) is 0 Å². The third kappa shape index (κ3) is 5.97. The zero-order valence-corrected chi connectivity index (χ0v) is 17.9. The molecule has 0 radical (unpaired) electrons. The minimum Gasteiger partial charge on any atom is -0.362 e. The van der Waals surface area contributed by atoms with Crippen LogP contribution in [0.3, 0.4) is 0 Å². The van der Waals surface area contributed by atoms with Gasteiger partial charge in [-0.3, -0.25) is 4.79 Å². The molecule has 0 atom stereocenters. The largest absolute Gasteiger partial charge is 0.362 e. The van der Waals surface area contributed by atoms with Crippen LogP contribution in [0.25, 0.3) is 0 Å². The zero-order chi connectivity index (χ0) is 19.8. The highest BCUT2D eigenvalue weighted by molar-refractivity contribution is 7.98. The molecule has 0 saturated carbocycles. The molecule has 6 heteroatoms. The van der Waals surface area contributed by atoms with Crippen LogP contribution in [0.15, 0.2) is 48.5 Å². The molecule has 0 aromatic heterocycles. The number of carbonyl (C=O) groups is 1. The molecule has 4 nitrogen and oxygen atoms in total. The first-order valence-corrected chi connectivity index (χ1v) is 11.3. The van der Waals surface area contributed by atoms with Gasteiger partial charge in [0.1, 0.15) is 0 Å². The van der Waals surface area contributed by atoms with Gasteiger partial charge >= 0.3 is 0 Å². The molecule has 1 heterocycles. The molecule has 0 unspecified atom stereocenters. The number of anilines is 2. The van der Waals surface area contributed by atoms with E-state index in [0.29, 0.717) is 11.5 Å². The van der Waals surface area contributed by atoms with Gasteiger partial charge in [-0.15, -0.1) is 0 Å². The second-order valence-corrected chi connectivity index (χ2v) is 8.44. The van der Waals surface area contributed by atoms with E-state index in [1.807, 2.05) is 47.9 Å². The smallest absolute Gasteiger partial charge is 0.227 e. The number of hydrogen-bond donors (Lipinski definition) is 2. The van der Waals surface area contributed by atoms with Crippen molar-refractivity contribution in [3.8, 4) is 0 Å². The maximum absolute atomic E-state index is 12.0. The quantitative estimate of drug-likeness (QED) is 0.484. The van der Waals surface area contributed by atoms with Crippen molar-refractivity contribution in [1.29, 1.82) is 0 Å². The predicted molar refractivity (Wildman–Crippen MR) is 124 cm³/mol. The van der Waals surface area contributed by atoms with Gasteiger partial charge in [0.05, 0.1) is 0 Å². The SMILES string of the molecule is Cc1ccc(NC(=S)NCCCSCc2ccccc2)cc1N1CCCC1=O. The molecule has 1 aliphatic heterocycles. The number of amides is 1. The van der Waals surface area contributed by atoms with Crippen LogP contribution in [-0.4, -0.2) is 29.9 Å². The predicted octanol–water partition coefficient (Wildman–Crippen LogP) is 4.73. The summed E-state index contributed by atoms with van der Waals surface area (Å²) in [5.41, 5.74) is 4.36. The fourth-order valence-electron chi connectivity index (χ4n) is 3.20. The monoisotopic (exact) mass is 413 g/mol. The molecule has 1 aliphatic rings. The maximum Gasteiger partial charge on any atom is 0.227 e. The highest BCUT2D eigenvalue weighted by Gasteiger charge is 2.23. The fourth-order valence-corrected chi connectivity index (χ4v) is 4.34. The van der Waals surface area contributed by atoms with Crippen molar-refractivity contribution >= 4 is 46.4 Å². The molecule has 2 aromatic rings. The third-order valence-corrected chi connectivity index (χ3v) is 6.05. The number of nitrogens with zero attached hydrogens (tertiary/aromatic N) is 1. The molecular weight excluding hydrogens is 386 g/mol. The van der Waals surface area contributed by atoms with Gasteiger partial charge in [-0.05, 0) is 61.0 Å². The van der Waals surface area contributed by atoms with Crippen molar-refractivity contribution in [2.45, 2.75) is 31.9 Å². The lowest BCUT2D eigenvalue weighted by Crippen LogP contribution is -2.30. The van der Waals surface area contributed by atoms with Crippen molar-refractivity contribution in [1.82, 2.24) is 5.32 Å². The second-order valence-electron chi connectivity index (χ2n) is 6.92. The van der Waals surface area contributed by atoms with Crippen LogP contribution in [0.1, 0.15) is 30.4 Å². The minimum atomic E-state index is 0.203. The van der Waals surface area contributed by atoms with Gasteiger partial charge in [-0.1, -0.05) is 36.4 Å². The van der Waals surface area contributed by atoms with E-state index < -0.39 is 0 Å². The van der Waals surface area contributed by atoms with E-state index in [1.54, 1.807) is 0 Å². The van der Waals surface area contributed by atoms with E-state index in [1.165, 1.54) is 5.56 Å². The normalized spacial score (nSPS) is 13.6. The van der Waals surface area contributed by atoms with Crippen molar-refractivity contribution < 1.29 is 4.79 Å². The Morgan fingerprint density at radius 2 is 2.04 bits per heavy atom. The fraction of sp³-hybridized carbons (Fsp3) is 0.364. The Hall–Kier alpha value is -2.05. The summed E-state index contributed by atoms with van der Waals surface area (Å²) in [5, 5.41) is 7.13. The Kier molecular flexibility index (Phi) is 7.74. The van der Waals surface area contributed by atoms with E-state index in [9.17, 15) is 4.79 Å². The first-order chi connectivity index (χ1) is 13.6. The lowest BCUT2D eigenvalue weighted by molar-refractivity contribution is -0.117. The van der Waals surface area contributed by atoms with E-state index >= 15 is 0 Å². The summed E-state index contributed by atoms with van der Waals surface area (Å²) in [5.74, 6) is 2.34. The standard InChI is InChI=1S/C22H27N3OS2/c1-17-10-11-19(15-20(17)25-13-5-9-21(25)26)24-22(27)23-12-6-14-28-16-18-7-3-2-4-8-18/h2-4,7-8,10-11,15H,5-6,9,12-14,16H2,1H3,(H2,23,24,27). The molecule has 0 spiro atoms. The van der Waals surface area contributed by atoms with E-state index in [-0.39, 0.29) is 5.91 Å². The first kappa shape index (κ1) is 20.7. The number of hydrogen-bond acceptors (Lipinski definition) is 3. The lowest BCUT2D eigenvalue weighted by Gasteiger charge is -2.20. The van der Waals surface area contributed by atoms with Gasteiger partial charge in [0.2, 0.25) is 5.91 Å². The molecule has 0 bridgehead atoms. The lowest BCUT2D eigenvalue weighted by atomic mass is 10.1. The third-order valence-electron chi connectivity index (χ3n) is 4.69. The Morgan fingerprint density at radius 1 is 1.21 bits per heavy atom. The number of benzene rings is 2. The molecule has 1 amide bonds. The molecule has 148 valence electrons. The number of rotatable bonds is 8. The Balaban J connectivity index is 1.39. The van der Waals surface area contributed by atoms with Crippen molar-refractivity contribution in [2.24, 2.45) is 0 Å². The maximum atomic E-state index is 12.0. The van der Waals surface area contributed by atoms with Gasteiger partial charge in [0.25, 0.3) is 0 Å². The number of aryl methyl sites for hydroxylation is 1. The molecule has 2 aromatic carbocycles. The van der Waals surface area contributed by atoms with Crippen molar-refractivity contribution in [2.75, 3.05) is 29.1 Å². The van der Waals surface area contributed by atoms with E-state index in [2.05, 4.69) is 34.9 Å². The van der Waals surface area contributed by atoms with Crippen LogP contribution in [-0.2, 0) is 10.5 Å². The highest BCUT2D eigenvalue weighted by atomic mass is 32.2. The van der Waals surface area contributed by atoms with Crippen LogP contribution >= 0.6 is 24.0 Å². The summed E-state index contributed by atoms with van der Waals surface area (Å²) in [6, 6.07) is 16.6. The van der Waals surface area contributed by atoms with Crippen LogP contribution in [0, 0.1) is 6.92 Å². The summed E-state index contributed by atoms with van der Waals surface area (Å²) in [7, 11) is 0. The summed E-state index contributed by atoms with van der Waals surface area (Å²) >= 11 is 7.35.